The highest BCUT2D eigenvalue weighted by Crippen LogP contribution is 2.20. The third kappa shape index (κ3) is 3.72. The van der Waals surface area contributed by atoms with E-state index in [0.717, 1.165) is 5.69 Å². The lowest BCUT2D eigenvalue weighted by Crippen LogP contribution is -2.51. The molecular weight excluding hydrogens is 346 g/mol. The Balaban J connectivity index is 1.71. The van der Waals surface area contributed by atoms with E-state index in [-0.39, 0.29) is 17.2 Å². The fourth-order valence-electron chi connectivity index (χ4n) is 3.24. The molecule has 0 aliphatic carbocycles. The predicted octanol–water partition coefficient (Wildman–Crippen LogP) is 1.30. The number of aromatic nitrogens is 1. The molecule has 0 saturated carbocycles. The van der Waals surface area contributed by atoms with Crippen LogP contribution in [0.25, 0.3) is 0 Å². The van der Waals surface area contributed by atoms with Crippen LogP contribution in [0.2, 0.25) is 0 Å². The van der Waals surface area contributed by atoms with Gasteiger partial charge in [0.05, 0.1) is 12.7 Å². The molecule has 2 amide bonds. The second-order valence-corrected chi connectivity index (χ2v) is 6.56. The van der Waals surface area contributed by atoms with Gasteiger partial charge in [0.2, 0.25) is 0 Å². The summed E-state index contributed by atoms with van der Waals surface area (Å²) < 4.78 is 6.98. The lowest BCUT2D eigenvalue weighted by atomic mass is 10.1. The number of benzene rings is 1. The topological polar surface area (TPSA) is 71.8 Å². The molecule has 0 spiro atoms. The van der Waals surface area contributed by atoms with Gasteiger partial charge < -0.3 is 19.1 Å². The normalized spacial score (nSPS) is 14.2. The van der Waals surface area contributed by atoms with Crippen LogP contribution in [0.3, 0.4) is 0 Å². The zero-order chi connectivity index (χ0) is 19.6. The van der Waals surface area contributed by atoms with Crippen molar-refractivity contribution in [2.75, 3.05) is 33.3 Å². The van der Waals surface area contributed by atoms with E-state index in [4.69, 9.17) is 4.74 Å². The first kappa shape index (κ1) is 18.7. The smallest absolute Gasteiger partial charge is 0.270 e. The molecule has 2 heterocycles. The summed E-state index contributed by atoms with van der Waals surface area (Å²) in [6.45, 7) is 3.50. The van der Waals surface area contributed by atoms with E-state index in [2.05, 4.69) is 0 Å². The number of nitrogens with zero attached hydrogens (tertiary/aromatic N) is 3. The molecular formula is C20H23N3O4. The van der Waals surface area contributed by atoms with Crippen molar-refractivity contribution in [1.29, 1.82) is 0 Å². The highest BCUT2D eigenvalue weighted by Gasteiger charge is 2.27. The number of ether oxygens (including phenoxy) is 1. The maximum Gasteiger partial charge on any atom is 0.270 e. The monoisotopic (exact) mass is 369 g/mol. The number of hydrogen-bond acceptors (Lipinski definition) is 4. The predicted molar refractivity (Wildman–Crippen MR) is 101 cm³/mol. The van der Waals surface area contributed by atoms with Gasteiger partial charge in [-0.1, -0.05) is 12.1 Å². The van der Waals surface area contributed by atoms with Gasteiger partial charge in [-0.25, -0.2) is 0 Å². The summed E-state index contributed by atoms with van der Waals surface area (Å²) in [7, 11) is 3.30. The van der Waals surface area contributed by atoms with Crippen LogP contribution < -0.4 is 10.2 Å². The van der Waals surface area contributed by atoms with Crippen LogP contribution in [-0.2, 0) is 7.05 Å². The van der Waals surface area contributed by atoms with Crippen LogP contribution in [-0.4, -0.2) is 59.5 Å². The minimum absolute atomic E-state index is 0.109. The first-order valence-corrected chi connectivity index (χ1v) is 8.81. The SMILES string of the molecule is COc1ccccc1C(=O)N1CCN(C(=O)c2cc(=O)cc(C)n2C)CC1. The second kappa shape index (κ2) is 7.65. The van der Waals surface area contributed by atoms with Gasteiger partial charge in [-0.2, -0.15) is 0 Å². The Morgan fingerprint density at radius 3 is 2.19 bits per heavy atom. The van der Waals surface area contributed by atoms with Gasteiger partial charge in [-0.05, 0) is 19.1 Å². The first-order chi connectivity index (χ1) is 12.9. The van der Waals surface area contributed by atoms with Crippen LogP contribution >= 0.6 is 0 Å². The Hall–Kier alpha value is -3.09. The zero-order valence-corrected chi connectivity index (χ0v) is 15.8. The number of hydrogen-bond donors (Lipinski definition) is 0. The van der Waals surface area contributed by atoms with Crippen LogP contribution in [0, 0.1) is 6.92 Å². The van der Waals surface area contributed by atoms with Crippen molar-refractivity contribution in [1.82, 2.24) is 14.4 Å². The van der Waals surface area contributed by atoms with Crippen molar-refractivity contribution in [3.05, 3.63) is 63.6 Å². The van der Waals surface area contributed by atoms with Crippen LogP contribution in [0.1, 0.15) is 26.5 Å². The molecule has 2 aromatic rings. The molecule has 0 unspecified atom stereocenters. The van der Waals surface area contributed by atoms with Crippen LogP contribution in [0.4, 0.5) is 0 Å². The fraction of sp³-hybridized carbons (Fsp3) is 0.350. The van der Waals surface area contributed by atoms with Gasteiger partial charge in [-0.3, -0.25) is 14.4 Å². The Morgan fingerprint density at radius 1 is 0.963 bits per heavy atom. The fourth-order valence-corrected chi connectivity index (χ4v) is 3.24. The van der Waals surface area contributed by atoms with Crippen LogP contribution in [0.15, 0.2) is 41.2 Å². The molecule has 0 atom stereocenters. The molecule has 27 heavy (non-hydrogen) atoms. The zero-order valence-electron chi connectivity index (χ0n) is 15.8. The highest BCUT2D eigenvalue weighted by molar-refractivity contribution is 5.97. The largest absolute Gasteiger partial charge is 0.496 e. The Labute approximate surface area is 157 Å². The molecule has 1 aliphatic rings. The standard InChI is InChI=1S/C20H23N3O4/c1-14-12-15(24)13-17(21(14)2)20(26)23-10-8-22(9-11-23)19(25)16-6-4-5-7-18(16)27-3/h4-7,12-13H,8-11H2,1-3H3. The summed E-state index contributed by atoms with van der Waals surface area (Å²) >= 11 is 0. The molecule has 0 radical (unpaired) electrons. The quantitative estimate of drug-likeness (QED) is 0.818. The third-order valence-electron chi connectivity index (χ3n) is 4.93. The Morgan fingerprint density at radius 2 is 1.56 bits per heavy atom. The van der Waals surface area contributed by atoms with Gasteiger partial charge in [0, 0.05) is 51.1 Å². The van der Waals surface area contributed by atoms with E-state index in [0.29, 0.717) is 43.2 Å². The summed E-state index contributed by atoms with van der Waals surface area (Å²) in [5.74, 6) is 0.237. The van der Waals surface area contributed by atoms with Crippen molar-refractivity contribution in [2.24, 2.45) is 7.05 Å². The molecule has 0 bridgehead atoms. The summed E-state index contributed by atoms with van der Waals surface area (Å²) in [6, 6.07) is 9.97. The number of rotatable bonds is 3. The second-order valence-electron chi connectivity index (χ2n) is 6.56. The maximum absolute atomic E-state index is 12.8. The van der Waals surface area contributed by atoms with Gasteiger partial charge in [0.25, 0.3) is 11.8 Å². The third-order valence-corrected chi connectivity index (χ3v) is 4.93. The lowest BCUT2D eigenvalue weighted by molar-refractivity contribution is 0.0527. The molecule has 3 rings (SSSR count). The van der Waals surface area contributed by atoms with Crippen molar-refractivity contribution in [2.45, 2.75) is 6.92 Å². The number of carbonyl (C=O) groups excluding carboxylic acids is 2. The molecule has 1 aromatic carbocycles. The number of carbonyl (C=O) groups is 2. The molecule has 7 heteroatoms. The summed E-state index contributed by atoms with van der Waals surface area (Å²) in [6.07, 6.45) is 0. The Bertz CT molecular complexity index is 927. The molecule has 0 N–H and O–H groups in total. The molecule has 1 aromatic heterocycles. The van der Waals surface area contributed by atoms with E-state index in [1.54, 1.807) is 46.5 Å². The number of para-hydroxylation sites is 1. The van der Waals surface area contributed by atoms with Crippen molar-refractivity contribution in [3.8, 4) is 5.75 Å². The summed E-state index contributed by atoms with van der Waals surface area (Å²) in [4.78, 5) is 40.7. The summed E-state index contributed by atoms with van der Waals surface area (Å²) in [5, 5.41) is 0. The van der Waals surface area contributed by atoms with E-state index in [1.807, 2.05) is 6.07 Å². The van der Waals surface area contributed by atoms with Gasteiger partial charge in [0.1, 0.15) is 11.4 Å². The maximum atomic E-state index is 12.8. The number of piperazine rings is 1. The molecule has 1 saturated heterocycles. The Kier molecular flexibility index (Phi) is 5.30. The average molecular weight is 369 g/mol. The van der Waals surface area contributed by atoms with Crippen molar-refractivity contribution >= 4 is 11.8 Å². The number of amides is 2. The van der Waals surface area contributed by atoms with Gasteiger partial charge in [-0.15, -0.1) is 0 Å². The average Bonchev–Trinajstić information content (AvgIpc) is 2.69. The van der Waals surface area contributed by atoms with E-state index >= 15 is 0 Å². The number of aryl methyl sites for hydroxylation is 1. The molecule has 1 fully saturated rings. The minimum atomic E-state index is -0.192. The van der Waals surface area contributed by atoms with E-state index in [9.17, 15) is 14.4 Å². The number of pyridine rings is 1. The van der Waals surface area contributed by atoms with Gasteiger partial charge in [0.15, 0.2) is 5.43 Å². The van der Waals surface area contributed by atoms with Crippen LogP contribution in [0.5, 0.6) is 5.75 Å². The molecule has 7 nitrogen and oxygen atoms in total. The van der Waals surface area contributed by atoms with Gasteiger partial charge >= 0.3 is 0 Å². The highest BCUT2D eigenvalue weighted by atomic mass is 16.5. The van der Waals surface area contributed by atoms with E-state index < -0.39 is 0 Å². The first-order valence-electron chi connectivity index (χ1n) is 8.81. The summed E-state index contributed by atoms with van der Waals surface area (Å²) in [5.41, 5.74) is 1.43. The molecule has 142 valence electrons. The number of methoxy groups -OCH3 is 1. The van der Waals surface area contributed by atoms with Crippen molar-refractivity contribution in [3.63, 3.8) is 0 Å². The molecule has 1 aliphatic heterocycles. The van der Waals surface area contributed by atoms with E-state index in [1.165, 1.54) is 19.2 Å². The lowest BCUT2D eigenvalue weighted by Gasteiger charge is -2.35. The van der Waals surface area contributed by atoms with Crippen molar-refractivity contribution < 1.29 is 14.3 Å². The minimum Gasteiger partial charge on any atom is -0.496 e.